The molecule has 0 aromatic heterocycles. The number of carbonyl (C=O) groups is 2. The van der Waals surface area contributed by atoms with Crippen LogP contribution in [0.15, 0.2) is 21.5 Å². The summed E-state index contributed by atoms with van der Waals surface area (Å²) in [5.74, 6) is -1.95. The van der Waals surface area contributed by atoms with Gasteiger partial charge in [-0.15, -0.1) is 0 Å². The van der Waals surface area contributed by atoms with Gasteiger partial charge in [-0.25, -0.2) is 13.2 Å². The highest BCUT2D eigenvalue weighted by atomic mass is 79.9. The third-order valence-corrected chi connectivity index (χ3v) is 5.17. The van der Waals surface area contributed by atoms with Gasteiger partial charge in [-0.3, -0.25) is 4.79 Å². The van der Waals surface area contributed by atoms with Crippen LogP contribution in [-0.2, 0) is 19.6 Å². The van der Waals surface area contributed by atoms with Crippen LogP contribution in [0, 0.1) is 6.92 Å². The molecule has 0 saturated carbocycles. The molecule has 9 heteroatoms. The summed E-state index contributed by atoms with van der Waals surface area (Å²) in [5, 5.41) is 8.79. The Morgan fingerprint density at radius 1 is 1.41 bits per heavy atom. The van der Waals surface area contributed by atoms with Gasteiger partial charge < -0.3 is 9.84 Å². The van der Waals surface area contributed by atoms with Gasteiger partial charge in [0.25, 0.3) is 0 Å². The zero-order valence-corrected chi connectivity index (χ0v) is 14.6. The zero-order chi connectivity index (χ0) is 17.1. The van der Waals surface area contributed by atoms with Gasteiger partial charge in [0.1, 0.15) is 6.04 Å². The number of carbonyl (C=O) groups excluding carboxylic acids is 1. The summed E-state index contributed by atoms with van der Waals surface area (Å²) in [6.45, 7) is 4.63. The lowest BCUT2D eigenvalue weighted by atomic mass is 10.1. The van der Waals surface area contributed by atoms with Crippen LogP contribution in [0.4, 0.5) is 0 Å². The first-order valence-corrected chi connectivity index (χ1v) is 8.60. The molecule has 0 spiro atoms. The molecule has 1 aromatic carbocycles. The van der Waals surface area contributed by atoms with Crippen molar-refractivity contribution in [3.63, 3.8) is 0 Å². The molecule has 1 aromatic rings. The predicted molar refractivity (Wildman–Crippen MR) is 82.3 cm³/mol. The van der Waals surface area contributed by atoms with E-state index in [9.17, 15) is 18.0 Å². The number of benzene rings is 1. The van der Waals surface area contributed by atoms with Crippen molar-refractivity contribution < 1.29 is 27.9 Å². The van der Waals surface area contributed by atoms with Crippen LogP contribution in [0.5, 0.6) is 0 Å². The van der Waals surface area contributed by atoms with E-state index >= 15 is 0 Å². The van der Waals surface area contributed by atoms with Crippen molar-refractivity contribution in [2.24, 2.45) is 0 Å². The molecule has 22 heavy (non-hydrogen) atoms. The summed E-state index contributed by atoms with van der Waals surface area (Å²) in [6, 6.07) is 1.17. The molecule has 7 nitrogen and oxygen atoms in total. The summed E-state index contributed by atoms with van der Waals surface area (Å²) in [7, 11) is -4.08. The number of ether oxygens (including phenoxy) is 1. The highest BCUT2D eigenvalue weighted by molar-refractivity contribution is 9.10. The quantitative estimate of drug-likeness (QED) is 0.711. The average Bonchev–Trinajstić information content (AvgIpc) is 2.41. The van der Waals surface area contributed by atoms with E-state index in [0.717, 1.165) is 6.07 Å². The highest BCUT2D eigenvalue weighted by Crippen LogP contribution is 2.25. The summed E-state index contributed by atoms with van der Waals surface area (Å²) in [5.41, 5.74) is 0.628. The number of hydrogen-bond acceptors (Lipinski definition) is 5. The zero-order valence-electron chi connectivity index (χ0n) is 12.2. The molecule has 0 bridgehead atoms. The largest absolute Gasteiger partial charge is 0.480 e. The Morgan fingerprint density at radius 2 is 2.00 bits per heavy atom. The van der Waals surface area contributed by atoms with E-state index in [-0.39, 0.29) is 17.1 Å². The molecule has 0 aliphatic heterocycles. The van der Waals surface area contributed by atoms with Gasteiger partial charge in [0.15, 0.2) is 0 Å². The van der Waals surface area contributed by atoms with E-state index in [1.807, 2.05) is 4.72 Å². The number of aliphatic carboxylic acids is 1. The maximum Gasteiger partial charge on any atom is 0.338 e. The Balaban J connectivity index is 3.31. The molecular weight excluding hydrogens is 378 g/mol. The molecule has 122 valence electrons. The molecule has 0 heterocycles. The average molecular weight is 394 g/mol. The minimum absolute atomic E-state index is 0.0968. The van der Waals surface area contributed by atoms with Gasteiger partial charge in [0, 0.05) is 4.47 Å². The van der Waals surface area contributed by atoms with Crippen molar-refractivity contribution in [2.45, 2.75) is 31.7 Å². The first-order valence-electron chi connectivity index (χ1n) is 6.32. The van der Waals surface area contributed by atoms with Gasteiger partial charge in [0.05, 0.1) is 17.1 Å². The topological polar surface area (TPSA) is 110 Å². The molecule has 0 aliphatic carbocycles. The Labute approximate surface area is 136 Å². The van der Waals surface area contributed by atoms with Crippen molar-refractivity contribution in [1.29, 1.82) is 0 Å². The second-order valence-corrected chi connectivity index (χ2v) is 7.05. The van der Waals surface area contributed by atoms with Gasteiger partial charge in [-0.1, -0.05) is 15.9 Å². The lowest BCUT2D eigenvalue weighted by molar-refractivity contribution is -0.138. The third kappa shape index (κ3) is 4.28. The lowest BCUT2D eigenvalue weighted by Gasteiger charge is -2.13. The van der Waals surface area contributed by atoms with E-state index < -0.39 is 28.0 Å². The number of halogens is 1. The van der Waals surface area contributed by atoms with E-state index in [1.165, 1.54) is 13.0 Å². The fourth-order valence-corrected chi connectivity index (χ4v) is 3.44. The molecular formula is C13H16BrNO6S. The predicted octanol–water partition coefficient (Wildman–Crippen LogP) is 1.69. The SMILES string of the molecule is CCOC(=O)c1cc(S(=O)(=O)NC(C)C(=O)O)cc(Br)c1C. The van der Waals surface area contributed by atoms with Crippen LogP contribution in [-0.4, -0.2) is 38.1 Å². The van der Waals surface area contributed by atoms with E-state index in [1.54, 1.807) is 13.8 Å². The molecule has 1 rings (SSSR count). The van der Waals surface area contributed by atoms with Gasteiger partial charge in [0.2, 0.25) is 10.0 Å². The highest BCUT2D eigenvalue weighted by Gasteiger charge is 2.24. The third-order valence-electron chi connectivity index (χ3n) is 2.83. The summed E-state index contributed by atoms with van der Waals surface area (Å²) in [4.78, 5) is 22.4. The van der Waals surface area contributed by atoms with Crippen LogP contribution in [0.25, 0.3) is 0 Å². The number of sulfonamides is 1. The molecule has 0 amide bonds. The maximum atomic E-state index is 12.2. The summed E-state index contributed by atoms with van der Waals surface area (Å²) < 4.78 is 31.7. The molecule has 0 fully saturated rings. The van der Waals surface area contributed by atoms with Crippen molar-refractivity contribution >= 4 is 37.9 Å². The second kappa shape index (κ2) is 7.21. The minimum atomic E-state index is -4.08. The van der Waals surface area contributed by atoms with Crippen molar-refractivity contribution in [2.75, 3.05) is 6.61 Å². The summed E-state index contributed by atoms with van der Waals surface area (Å²) in [6.07, 6.45) is 0. The van der Waals surface area contributed by atoms with Crippen LogP contribution >= 0.6 is 15.9 Å². The van der Waals surface area contributed by atoms with E-state index in [2.05, 4.69) is 15.9 Å². The molecule has 2 N–H and O–H groups in total. The standard InChI is InChI=1S/C13H16BrNO6S/c1-4-21-13(18)10-5-9(6-11(14)7(10)2)22(19,20)15-8(3)12(16)17/h5-6,8,15H,4H2,1-3H3,(H,16,17). The monoisotopic (exact) mass is 393 g/mol. The van der Waals surface area contributed by atoms with Gasteiger partial charge in [-0.2, -0.15) is 4.72 Å². The molecule has 1 unspecified atom stereocenters. The van der Waals surface area contributed by atoms with Gasteiger partial charge >= 0.3 is 11.9 Å². The molecule has 0 radical (unpaired) electrons. The number of hydrogen-bond donors (Lipinski definition) is 2. The first kappa shape index (κ1) is 18.6. The smallest absolute Gasteiger partial charge is 0.338 e. The minimum Gasteiger partial charge on any atom is -0.480 e. The van der Waals surface area contributed by atoms with Crippen molar-refractivity contribution in [3.8, 4) is 0 Å². The molecule has 1 atom stereocenters. The fraction of sp³-hybridized carbons (Fsp3) is 0.385. The number of nitrogens with one attached hydrogen (secondary N) is 1. The van der Waals surface area contributed by atoms with Crippen LogP contribution < -0.4 is 4.72 Å². The van der Waals surface area contributed by atoms with Gasteiger partial charge in [-0.05, 0) is 38.5 Å². The number of esters is 1. The van der Waals surface area contributed by atoms with Crippen LogP contribution in [0.2, 0.25) is 0 Å². The fourth-order valence-electron chi connectivity index (χ4n) is 1.58. The number of carboxylic acids is 1. The summed E-state index contributed by atoms with van der Waals surface area (Å²) >= 11 is 3.19. The molecule has 0 aliphatic rings. The Bertz CT molecular complexity index is 701. The second-order valence-electron chi connectivity index (χ2n) is 4.48. The van der Waals surface area contributed by atoms with Crippen molar-refractivity contribution in [3.05, 3.63) is 27.7 Å². The first-order chi connectivity index (χ1) is 10.1. The van der Waals surface area contributed by atoms with Crippen LogP contribution in [0.3, 0.4) is 0 Å². The van der Waals surface area contributed by atoms with Crippen molar-refractivity contribution in [1.82, 2.24) is 4.72 Å². The Kier molecular flexibility index (Phi) is 6.09. The Hall–Kier alpha value is -1.45. The molecule has 0 saturated heterocycles. The Morgan fingerprint density at radius 3 is 2.50 bits per heavy atom. The number of rotatable bonds is 6. The van der Waals surface area contributed by atoms with Crippen LogP contribution in [0.1, 0.15) is 29.8 Å². The van der Waals surface area contributed by atoms with E-state index in [4.69, 9.17) is 9.84 Å². The lowest BCUT2D eigenvalue weighted by Crippen LogP contribution is -2.38. The maximum absolute atomic E-state index is 12.2. The van der Waals surface area contributed by atoms with E-state index in [0.29, 0.717) is 10.0 Å². The normalized spacial score (nSPS) is 12.7. The number of carboxylic acid groups (broad SMARTS) is 1.